The summed E-state index contributed by atoms with van der Waals surface area (Å²) >= 11 is 0. The Morgan fingerprint density at radius 3 is 2.26 bits per heavy atom. The van der Waals surface area contributed by atoms with Gasteiger partial charge in [-0.3, -0.25) is 0 Å². The summed E-state index contributed by atoms with van der Waals surface area (Å²) in [5.41, 5.74) is 6.87. The Bertz CT molecular complexity index is 1470. The third-order valence-electron chi connectivity index (χ3n) is 6.68. The van der Waals surface area contributed by atoms with E-state index < -0.39 is 0 Å². The van der Waals surface area contributed by atoms with Gasteiger partial charge in [-0.05, 0) is 61.4 Å². The summed E-state index contributed by atoms with van der Waals surface area (Å²) < 4.78 is 7.94. The molecule has 0 saturated carbocycles. The van der Waals surface area contributed by atoms with E-state index in [1.807, 2.05) is 24.3 Å². The fourth-order valence-electron chi connectivity index (χ4n) is 4.97. The van der Waals surface area contributed by atoms with Crippen molar-refractivity contribution < 1.29 is 9.30 Å². The number of aromatic nitrogens is 1. The van der Waals surface area contributed by atoms with Gasteiger partial charge in [-0.2, -0.15) is 4.57 Å². The van der Waals surface area contributed by atoms with E-state index in [2.05, 4.69) is 87.6 Å². The molecule has 0 bridgehead atoms. The normalized spacial score (nSPS) is 13.5. The summed E-state index contributed by atoms with van der Waals surface area (Å²) in [5, 5.41) is 5.98. The number of pyridine rings is 1. The fraction of sp³-hybridized carbons (Fsp3) is 0.167. The maximum Gasteiger partial charge on any atom is 0.221 e. The molecule has 1 aromatic heterocycles. The van der Waals surface area contributed by atoms with Crippen LogP contribution in [0.2, 0.25) is 0 Å². The van der Waals surface area contributed by atoms with Crippen LogP contribution in [-0.4, -0.2) is 20.2 Å². The van der Waals surface area contributed by atoms with Gasteiger partial charge in [0.15, 0.2) is 0 Å². The summed E-state index contributed by atoms with van der Waals surface area (Å²) in [7, 11) is 1.72. The van der Waals surface area contributed by atoms with Crippen LogP contribution in [0.5, 0.6) is 5.75 Å². The molecule has 2 heterocycles. The molecule has 1 N–H and O–H groups in total. The van der Waals surface area contributed by atoms with Gasteiger partial charge in [-0.25, -0.2) is 0 Å². The second kappa shape index (κ2) is 8.71. The average molecular weight is 447 g/mol. The van der Waals surface area contributed by atoms with E-state index in [-0.39, 0.29) is 0 Å². The largest absolute Gasteiger partial charge is 0.497 e. The van der Waals surface area contributed by atoms with Gasteiger partial charge in [-0.1, -0.05) is 24.3 Å². The Labute approximate surface area is 200 Å². The van der Waals surface area contributed by atoms with Crippen LogP contribution in [0, 0.1) is 0 Å². The third kappa shape index (κ3) is 3.81. The quantitative estimate of drug-likeness (QED) is 0.243. The minimum Gasteiger partial charge on any atom is -0.497 e. The van der Waals surface area contributed by atoms with E-state index in [9.17, 15) is 0 Å². The van der Waals surface area contributed by atoms with E-state index in [1.165, 1.54) is 34.8 Å². The van der Waals surface area contributed by atoms with Crippen molar-refractivity contribution in [2.75, 3.05) is 30.4 Å². The molecule has 1 fully saturated rings. The smallest absolute Gasteiger partial charge is 0.221 e. The number of rotatable bonds is 5. The van der Waals surface area contributed by atoms with Gasteiger partial charge in [0.1, 0.15) is 5.75 Å². The van der Waals surface area contributed by atoms with Crippen molar-refractivity contribution in [2.24, 2.45) is 0 Å². The van der Waals surface area contributed by atoms with Gasteiger partial charge in [0, 0.05) is 59.1 Å². The van der Waals surface area contributed by atoms with Gasteiger partial charge in [0.2, 0.25) is 16.7 Å². The SMILES string of the molecule is COc1cccc(-[n+]2c3cc(Nc4ccccc4)ccc3cc3ccc(N4CCCC4)cc32)c1. The molecule has 0 spiro atoms. The number of methoxy groups -OCH3 is 1. The highest BCUT2D eigenvalue weighted by Gasteiger charge is 2.22. The zero-order valence-electron chi connectivity index (χ0n) is 19.4. The number of anilines is 3. The summed E-state index contributed by atoms with van der Waals surface area (Å²) in [4.78, 5) is 2.49. The van der Waals surface area contributed by atoms with E-state index >= 15 is 0 Å². The van der Waals surface area contributed by atoms with Crippen molar-refractivity contribution in [3.05, 3.63) is 97.1 Å². The van der Waals surface area contributed by atoms with Crippen LogP contribution in [0.1, 0.15) is 12.8 Å². The Balaban J connectivity index is 1.59. The molecule has 4 heteroatoms. The molecule has 0 radical (unpaired) electrons. The predicted molar refractivity (Wildman–Crippen MR) is 141 cm³/mol. The van der Waals surface area contributed by atoms with E-state index in [0.29, 0.717) is 0 Å². The standard InChI is InChI=1S/C30H27N3O/c1-34-28-11-7-10-27(20-28)33-29-19-25(31-24-8-3-2-4-9-24)14-12-22(29)18-23-13-15-26(21-30(23)33)32-16-5-6-17-32/h2-4,7-15,18-21H,5-6,16-17H2,1H3/p+1. The molecular formula is C30H28N3O+. The lowest BCUT2D eigenvalue weighted by Crippen LogP contribution is -2.33. The van der Waals surface area contributed by atoms with Gasteiger partial charge < -0.3 is 15.0 Å². The molecule has 0 unspecified atom stereocenters. The summed E-state index contributed by atoms with van der Waals surface area (Å²) in [6.07, 6.45) is 2.53. The van der Waals surface area contributed by atoms with Gasteiger partial charge in [0.25, 0.3) is 0 Å². The Kier molecular flexibility index (Phi) is 5.27. The second-order valence-electron chi connectivity index (χ2n) is 8.88. The third-order valence-corrected chi connectivity index (χ3v) is 6.68. The second-order valence-corrected chi connectivity index (χ2v) is 8.88. The molecule has 168 valence electrons. The lowest BCUT2D eigenvalue weighted by atomic mass is 10.1. The van der Waals surface area contributed by atoms with Gasteiger partial charge in [-0.15, -0.1) is 0 Å². The first-order valence-corrected chi connectivity index (χ1v) is 11.9. The maximum atomic E-state index is 5.57. The molecule has 5 aromatic rings. The van der Waals surface area contributed by atoms with Crippen molar-refractivity contribution >= 4 is 38.9 Å². The van der Waals surface area contributed by atoms with Gasteiger partial charge in [0.05, 0.1) is 13.2 Å². The number of fused-ring (bicyclic) bond motifs is 2. The lowest BCUT2D eigenvalue weighted by Gasteiger charge is -2.18. The van der Waals surface area contributed by atoms with Crippen molar-refractivity contribution in [3.63, 3.8) is 0 Å². The molecule has 34 heavy (non-hydrogen) atoms. The van der Waals surface area contributed by atoms with Crippen molar-refractivity contribution in [1.29, 1.82) is 0 Å². The lowest BCUT2D eigenvalue weighted by molar-refractivity contribution is -0.537. The first-order valence-electron chi connectivity index (χ1n) is 11.9. The van der Waals surface area contributed by atoms with Crippen LogP contribution in [0.15, 0.2) is 97.1 Å². The minimum absolute atomic E-state index is 0.851. The van der Waals surface area contributed by atoms with Crippen LogP contribution < -0.4 is 19.5 Å². The van der Waals surface area contributed by atoms with Crippen LogP contribution in [0.3, 0.4) is 0 Å². The molecule has 0 atom stereocenters. The zero-order chi connectivity index (χ0) is 22.9. The number of benzene rings is 4. The zero-order valence-corrected chi connectivity index (χ0v) is 19.4. The van der Waals surface area contributed by atoms with Crippen LogP contribution in [0.4, 0.5) is 17.1 Å². The molecule has 0 aliphatic carbocycles. The van der Waals surface area contributed by atoms with E-state index in [0.717, 1.165) is 41.4 Å². The van der Waals surface area contributed by atoms with Crippen LogP contribution in [-0.2, 0) is 0 Å². The van der Waals surface area contributed by atoms with Crippen LogP contribution in [0.25, 0.3) is 27.5 Å². The number of ether oxygens (including phenoxy) is 1. The van der Waals surface area contributed by atoms with Crippen LogP contribution >= 0.6 is 0 Å². The first kappa shape index (κ1) is 20.5. The first-order chi connectivity index (χ1) is 16.8. The molecule has 4 nitrogen and oxygen atoms in total. The molecule has 6 rings (SSSR count). The minimum atomic E-state index is 0.851. The highest BCUT2D eigenvalue weighted by atomic mass is 16.5. The van der Waals surface area contributed by atoms with Crippen molar-refractivity contribution in [3.8, 4) is 11.4 Å². The number of nitrogens with one attached hydrogen (secondary N) is 1. The number of para-hydroxylation sites is 1. The average Bonchev–Trinajstić information content (AvgIpc) is 3.43. The van der Waals surface area contributed by atoms with E-state index in [1.54, 1.807) is 7.11 Å². The topological polar surface area (TPSA) is 28.4 Å². The van der Waals surface area contributed by atoms with Crippen molar-refractivity contribution in [2.45, 2.75) is 12.8 Å². The molecule has 4 aromatic carbocycles. The Hall–Kier alpha value is -4.05. The fourth-order valence-corrected chi connectivity index (χ4v) is 4.97. The predicted octanol–water partition coefficient (Wildman–Crippen LogP) is 6.62. The molecular weight excluding hydrogens is 418 g/mol. The Morgan fingerprint density at radius 2 is 1.47 bits per heavy atom. The Morgan fingerprint density at radius 1 is 0.706 bits per heavy atom. The highest BCUT2D eigenvalue weighted by molar-refractivity contribution is 5.92. The monoisotopic (exact) mass is 446 g/mol. The summed E-state index contributed by atoms with van der Waals surface area (Å²) in [6, 6.07) is 34.4. The van der Waals surface area contributed by atoms with Crippen molar-refractivity contribution in [1.82, 2.24) is 0 Å². The molecule has 1 aliphatic rings. The molecule has 0 amide bonds. The maximum absolute atomic E-state index is 5.57. The highest BCUT2D eigenvalue weighted by Crippen LogP contribution is 2.29. The molecule has 1 aliphatic heterocycles. The van der Waals surface area contributed by atoms with E-state index in [4.69, 9.17) is 4.74 Å². The number of hydrogen-bond acceptors (Lipinski definition) is 3. The van der Waals surface area contributed by atoms with Gasteiger partial charge >= 0.3 is 0 Å². The summed E-state index contributed by atoms with van der Waals surface area (Å²) in [6.45, 7) is 2.26. The number of nitrogens with zero attached hydrogens (tertiary/aromatic N) is 2. The summed E-state index contributed by atoms with van der Waals surface area (Å²) in [5.74, 6) is 0.851. The molecule has 1 saturated heterocycles. The number of hydrogen-bond donors (Lipinski definition) is 1.